The number of carbonyl (C=O) groups is 2. The largest absolute Gasteiger partial charge is 0.494 e. The fraction of sp³-hybridized carbons (Fsp3) is 0.200. The van der Waals surface area contributed by atoms with E-state index in [1.165, 1.54) is 19.2 Å². The van der Waals surface area contributed by atoms with E-state index >= 15 is 0 Å². The summed E-state index contributed by atoms with van der Waals surface area (Å²) < 4.78 is 17.9. The zero-order valence-corrected chi connectivity index (χ0v) is 8.31. The molecule has 0 atom stereocenters. The Hall–Kier alpha value is -2.11. The Morgan fingerprint density at radius 1 is 1.31 bits per heavy atom. The van der Waals surface area contributed by atoms with Crippen LogP contribution in [-0.4, -0.2) is 29.3 Å². The Morgan fingerprint density at radius 3 is 2.25 bits per heavy atom. The number of halogens is 1. The van der Waals surface area contributed by atoms with E-state index in [0.717, 1.165) is 6.07 Å². The minimum absolute atomic E-state index is 0.0710. The van der Waals surface area contributed by atoms with Crippen LogP contribution in [0, 0.1) is 5.82 Å². The van der Waals surface area contributed by atoms with Gasteiger partial charge in [0.1, 0.15) is 0 Å². The van der Waals surface area contributed by atoms with Crippen molar-refractivity contribution >= 4 is 11.9 Å². The molecular formula is C10H9FO5. The third-order valence-electron chi connectivity index (χ3n) is 2.00. The van der Waals surface area contributed by atoms with Crippen LogP contribution in [0.2, 0.25) is 0 Å². The van der Waals surface area contributed by atoms with Gasteiger partial charge in [0.2, 0.25) is 0 Å². The van der Waals surface area contributed by atoms with Gasteiger partial charge in [-0.05, 0) is 17.7 Å². The molecule has 2 N–H and O–H groups in total. The number of benzene rings is 1. The molecule has 0 spiro atoms. The standard InChI is InChI=1S/C10H9FO5/c1-16-7-3-2-5(4-6(7)11)8(9(12)13)10(14)15/h2-4,8H,1H3,(H,12,13)(H,14,15). The van der Waals surface area contributed by atoms with Gasteiger partial charge >= 0.3 is 11.9 Å². The quantitative estimate of drug-likeness (QED) is 0.753. The van der Waals surface area contributed by atoms with Crippen LogP contribution in [0.1, 0.15) is 11.5 Å². The molecule has 0 saturated carbocycles. The molecule has 0 radical (unpaired) electrons. The predicted molar refractivity (Wildman–Crippen MR) is 51.0 cm³/mol. The number of hydrogen-bond donors (Lipinski definition) is 2. The zero-order valence-electron chi connectivity index (χ0n) is 8.31. The average Bonchev–Trinajstić information content (AvgIpc) is 2.16. The maximum atomic E-state index is 13.2. The lowest BCUT2D eigenvalue weighted by Gasteiger charge is -2.09. The zero-order chi connectivity index (χ0) is 12.3. The Bertz CT molecular complexity index is 415. The van der Waals surface area contributed by atoms with Gasteiger partial charge in [-0.15, -0.1) is 0 Å². The lowest BCUT2D eigenvalue weighted by molar-refractivity contribution is -0.150. The summed E-state index contributed by atoms with van der Waals surface area (Å²) in [5.41, 5.74) is -0.140. The molecule has 1 aromatic carbocycles. The van der Waals surface area contributed by atoms with Crippen molar-refractivity contribution in [3.8, 4) is 5.75 Å². The van der Waals surface area contributed by atoms with Crippen molar-refractivity contribution in [3.05, 3.63) is 29.6 Å². The van der Waals surface area contributed by atoms with E-state index in [1.54, 1.807) is 0 Å². The minimum Gasteiger partial charge on any atom is -0.494 e. The molecule has 0 saturated heterocycles. The molecule has 0 aliphatic carbocycles. The second kappa shape index (κ2) is 4.61. The molecule has 0 aliphatic rings. The number of methoxy groups -OCH3 is 1. The summed E-state index contributed by atoms with van der Waals surface area (Å²) in [6, 6.07) is 3.23. The topological polar surface area (TPSA) is 83.8 Å². The lowest BCUT2D eigenvalue weighted by Crippen LogP contribution is -2.21. The van der Waals surface area contributed by atoms with Gasteiger partial charge < -0.3 is 14.9 Å². The first-order chi connectivity index (χ1) is 7.47. The molecule has 0 bridgehead atoms. The van der Waals surface area contributed by atoms with Crippen molar-refractivity contribution in [1.82, 2.24) is 0 Å². The molecule has 86 valence electrons. The highest BCUT2D eigenvalue weighted by Gasteiger charge is 2.28. The van der Waals surface area contributed by atoms with Crippen LogP contribution < -0.4 is 4.74 Å². The van der Waals surface area contributed by atoms with Gasteiger partial charge in [0.15, 0.2) is 17.5 Å². The number of aliphatic carboxylic acids is 2. The highest BCUT2D eigenvalue weighted by molar-refractivity contribution is 5.99. The van der Waals surface area contributed by atoms with Crippen LogP contribution in [0.5, 0.6) is 5.75 Å². The van der Waals surface area contributed by atoms with E-state index in [2.05, 4.69) is 4.74 Å². The summed E-state index contributed by atoms with van der Waals surface area (Å²) in [4.78, 5) is 21.3. The summed E-state index contributed by atoms with van der Waals surface area (Å²) in [5, 5.41) is 17.4. The van der Waals surface area contributed by atoms with Crippen molar-refractivity contribution in [2.24, 2.45) is 0 Å². The maximum Gasteiger partial charge on any atom is 0.322 e. The third-order valence-corrected chi connectivity index (χ3v) is 2.00. The van der Waals surface area contributed by atoms with Crippen LogP contribution in [0.15, 0.2) is 18.2 Å². The second-order valence-electron chi connectivity index (χ2n) is 3.00. The number of rotatable bonds is 4. The first-order valence-corrected chi connectivity index (χ1v) is 4.26. The Morgan fingerprint density at radius 2 is 1.88 bits per heavy atom. The predicted octanol–water partition coefficient (Wildman–Crippen LogP) is 1.09. The fourth-order valence-electron chi connectivity index (χ4n) is 1.25. The molecular weight excluding hydrogens is 219 g/mol. The molecule has 6 heteroatoms. The number of carboxylic acids is 2. The third kappa shape index (κ3) is 2.28. The van der Waals surface area contributed by atoms with Gasteiger partial charge in [0.25, 0.3) is 0 Å². The number of ether oxygens (including phenoxy) is 1. The van der Waals surface area contributed by atoms with Crippen molar-refractivity contribution in [1.29, 1.82) is 0 Å². The van der Waals surface area contributed by atoms with Crippen molar-refractivity contribution in [2.75, 3.05) is 7.11 Å². The Labute approximate surface area is 90.1 Å². The second-order valence-corrected chi connectivity index (χ2v) is 3.00. The molecule has 0 amide bonds. The van der Waals surface area contributed by atoms with E-state index < -0.39 is 23.7 Å². The van der Waals surface area contributed by atoms with Crippen molar-refractivity contribution < 1.29 is 28.9 Å². The highest BCUT2D eigenvalue weighted by atomic mass is 19.1. The average molecular weight is 228 g/mol. The Kier molecular flexibility index (Phi) is 3.44. The van der Waals surface area contributed by atoms with Crippen molar-refractivity contribution in [2.45, 2.75) is 5.92 Å². The van der Waals surface area contributed by atoms with E-state index in [1.807, 2.05) is 0 Å². The normalized spacial score (nSPS) is 10.2. The summed E-state index contributed by atoms with van der Waals surface area (Å²) in [5.74, 6) is -5.74. The van der Waals surface area contributed by atoms with E-state index in [4.69, 9.17) is 10.2 Å². The van der Waals surface area contributed by atoms with Gasteiger partial charge in [-0.1, -0.05) is 6.07 Å². The first-order valence-electron chi connectivity index (χ1n) is 4.26. The molecule has 1 aromatic rings. The summed E-state index contributed by atoms with van der Waals surface area (Å²) >= 11 is 0. The molecule has 0 fully saturated rings. The van der Waals surface area contributed by atoms with Crippen LogP contribution in [-0.2, 0) is 9.59 Å². The monoisotopic (exact) mass is 228 g/mol. The molecule has 0 aromatic heterocycles. The van der Waals surface area contributed by atoms with Gasteiger partial charge in [0, 0.05) is 0 Å². The fourth-order valence-corrected chi connectivity index (χ4v) is 1.25. The van der Waals surface area contributed by atoms with Gasteiger partial charge in [-0.25, -0.2) is 4.39 Å². The Balaban J connectivity index is 3.17. The summed E-state index contributed by atoms with van der Waals surface area (Å²) in [6.45, 7) is 0. The number of hydrogen-bond acceptors (Lipinski definition) is 3. The lowest BCUT2D eigenvalue weighted by atomic mass is 9.99. The highest BCUT2D eigenvalue weighted by Crippen LogP contribution is 2.23. The molecule has 16 heavy (non-hydrogen) atoms. The molecule has 1 rings (SSSR count). The maximum absolute atomic E-state index is 13.2. The molecule has 5 nitrogen and oxygen atoms in total. The van der Waals surface area contributed by atoms with Crippen molar-refractivity contribution in [3.63, 3.8) is 0 Å². The van der Waals surface area contributed by atoms with Crippen LogP contribution in [0.25, 0.3) is 0 Å². The summed E-state index contributed by atoms with van der Waals surface area (Å²) in [6.07, 6.45) is 0. The van der Waals surface area contributed by atoms with Gasteiger partial charge in [0.05, 0.1) is 7.11 Å². The van der Waals surface area contributed by atoms with E-state index in [0.29, 0.717) is 0 Å². The molecule has 0 aliphatic heterocycles. The van der Waals surface area contributed by atoms with E-state index in [-0.39, 0.29) is 11.3 Å². The molecule has 0 heterocycles. The SMILES string of the molecule is COc1ccc(C(C(=O)O)C(=O)O)cc1F. The van der Waals surface area contributed by atoms with Gasteiger partial charge in [-0.2, -0.15) is 0 Å². The van der Waals surface area contributed by atoms with Crippen LogP contribution in [0.4, 0.5) is 4.39 Å². The summed E-state index contributed by atoms with van der Waals surface area (Å²) in [7, 11) is 1.25. The number of carboxylic acid groups (broad SMARTS) is 2. The van der Waals surface area contributed by atoms with Crippen LogP contribution in [0.3, 0.4) is 0 Å². The van der Waals surface area contributed by atoms with E-state index in [9.17, 15) is 14.0 Å². The molecule has 0 unspecified atom stereocenters. The minimum atomic E-state index is -1.78. The van der Waals surface area contributed by atoms with Gasteiger partial charge in [-0.3, -0.25) is 9.59 Å². The van der Waals surface area contributed by atoms with Crippen LogP contribution >= 0.6 is 0 Å². The smallest absolute Gasteiger partial charge is 0.322 e. The first kappa shape index (κ1) is 12.0.